The van der Waals surface area contributed by atoms with Crippen molar-refractivity contribution in [2.75, 3.05) is 38.0 Å². The SMILES string of the molecule is CN(C)c1ccc(C2C(=O)C([O-])C(c3ccc(N(C)C)s3)C2[O-])s1. The molecule has 0 radical (unpaired) electrons. The molecule has 0 spiro atoms. The number of thiophene rings is 2. The van der Waals surface area contributed by atoms with Crippen molar-refractivity contribution >= 4 is 38.5 Å². The average molecular weight is 364 g/mol. The third kappa shape index (κ3) is 2.86. The van der Waals surface area contributed by atoms with Gasteiger partial charge in [-0.2, -0.15) is 0 Å². The maximum Gasteiger partial charge on any atom is 0.127 e. The van der Waals surface area contributed by atoms with E-state index in [1.54, 1.807) is 0 Å². The molecule has 0 N–H and O–H groups in total. The van der Waals surface area contributed by atoms with Crippen LogP contribution in [0.3, 0.4) is 0 Å². The maximum atomic E-state index is 12.9. The Bertz CT molecular complexity index is 738. The number of rotatable bonds is 4. The Hall–Kier alpha value is -1.41. The largest absolute Gasteiger partial charge is 0.851 e. The van der Waals surface area contributed by atoms with Crippen LogP contribution in [0.25, 0.3) is 0 Å². The van der Waals surface area contributed by atoms with E-state index in [9.17, 15) is 15.0 Å². The number of hydrogen-bond donors (Lipinski definition) is 0. The molecule has 0 bridgehead atoms. The van der Waals surface area contributed by atoms with Crippen LogP contribution in [0.4, 0.5) is 10.0 Å². The fourth-order valence-electron chi connectivity index (χ4n) is 3.02. The predicted molar refractivity (Wildman–Crippen MR) is 95.4 cm³/mol. The average Bonchev–Trinajstić information content (AvgIpc) is 3.20. The fourth-order valence-corrected chi connectivity index (χ4v) is 5.18. The van der Waals surface area contributed by atoms with Crippen LogP contribution in [-0.4, -0.2) is 46.2 Å². The van der Waals surface area contributed by atoms with Gasteiger partial charge in [0.15, 0.2) is 0 Å². The number of anilines is 2. The first kappa shape index (κ1) is 17.4. The molecule has 3 rings (SSSR count). The summed E-state index contributed by atoms with van der Waals surface area (Å²) in [5.74, 6) is -2.08. The second-order valence-corrected chi connectivity index (χ2v) is 8.62. The molecule has 24 heavy (non-hydrogen) atoms. The van der Waals surface area contributed by atoms with Crippen molar-refractivity contribution in [3.05, 3.63) is 34.0 Å². The van der Waals surface area contributed by atoms with Crippen LogP contribution < -0.4 is 20.0 Å². The van der Waals surface area contributed by atoms with Crippen LogP contribution in [0.2, 0.25) is 0 Å². The summed E-state index contributed by atoms with van der Waals surface area (Å²) in [5.41, 5.74) is 0. The molecule has 1 fully saturated rings. The third-order valence-corrected chi connectivity index (χ3v) is 7.03. The maximum absolute atomic E-state index is 12.9. The molecule has 1 aliphatic carbocycles. The fraction of sp³-hybridized carbons (Fsp3) is 0.471. The zero-order valence-electron chi connectivity index (χ0n) is 14.1. The van der Waals surface area contributed by atoms with E-state index in [-0.39, 0.29) is 0 Å². The normalized spacial score (nSPS) is 26.8. The van der Waals surface area contributed by atoms with Crippen molar-refractivity contribution in [1.29, 1.82) is 0 Å². The molecule has 0 aliphatic heterocycles. The topological polar surface area (TPSA) is 69.7 Å². The Balaban J connectivity index is 1.91. The minimum atomic E-state index is -1.48. The lowest BCUT2D eigenvalue weighted by Gasteiger charge is -2.31. The van der Waals surface area contributed by atoms with Crippen LogP contribution in [0, 0.1) is 0 Å². The van der Waals surface area contributed by atoms with E-state index in [1.807, 2.05) is 62.3 Å². The van der Waals surface area contributed by atoms with Crippen molar-refractivity contribution in [1.82, 2.24) is 0 Å². The lowest BCUT2D eigenvalue weighted by atomic mass is 9.98. The highest BCUT2D eigenvalue weighted by Gasteiger charge is 2.41. The van der Waals surface area contributed by atoms with Gasteiger partial charge in [0.05, 0.1) is 10.0 Å². The Morgan fingerprint density at radius 2 is 1.38 bits per heavy atom. The van der Waals surface area contributed by atoms with Gasteiger partial charge in [0.25, 0.3) is 0 Å². The number of Topliss-reactive ketones (excluding diaryl/α,β-unsaturated/α-hetero) is 1. The lowest BCUT2D eigenvalue weighted by Crippen LogP contribution is -2.38. The molecule has 2 aromatic rings. The lowest BCUT2D eigenvalue weighted by molar-refractivity contribution is -0.450. The number of nitrogens with zero attached hydrogens (tertiary/aromatic N) is 2. The minimum Gasteiger partial charge on any atom is -0.851 e. The summed E-state index contributed by atoms with van der Waals surface area (Å²) in [6.07, 6.45) is -2.70. The Morgan fingerprint density at radius 1 is 0.875 bits per heavy atom. The van der Waals surface area contributed by atoms with E-state index in [2.05, 4.69) is 0 Å². The summed E-state index contributed by atoms with van der Waals surface area (Å²) in [6, 6.07) is 7.41. The molecule has 5 nitrogen and oxygen atoms in total. The minimum absolute atomic E-state index is 0.466. The Kier molecular flexibility index (Phi) is 4.70. The predicted octanol–water partition coefficient (Wildman–Crippen LogP) is 0.849. The number of hydrogen-bond acceptors (Lipinski definition) is 7. The first-order valence-electron chi connectivity index (χ1n) is 7.70. The second kappa shape index (κ2) is 6.48. The van der Waals surface area contributed by atoms with Crippen LogP contribution in [0.15, 0.2) is 24.3 Å². The summed E-state index contributed by atoms with van der Waals surface area (Å²) in [7, 11) is 7.65. The Labute approximate surface area is 149 Å². The van der Waals surface area contributed by atoms with Crippen LogP contribution in [-0.2, 0) is 4.79 Å². The van der Waals surface area contributed by atoms with Crippen molar-refractivity contribution in [3.63, 3.8) is 0 Å². The van der Waals surface area contributed by atoms with Gasteiger partial charge < -0.3 is 24.8 Å². The smallest absolute Gasteiger partial charge is 0.127 e. The summed E-state index contributed by atoms with van der Waals surface area (Å²) in [5, 5.41) is 27.4. The van der Waals surface area contributed by atoms with Crippen molar-refractivity contribution < 1.29 is 15.0 Å². The molecule has 7 heteroatoms. The molecular weight excluding hydrogens is 344 g/mol. The van der Waals surface area contributed by atoms with Gasteiger partial charge in [-0.15, -0.1) is 28.8 Å². The first-order chi connectivity index (χ1) is 11.3. The van der Waals surface area contributed by atoms with Crippen LogP contribution >= 0.6 is 22.7 Å². The van der Waals surface area contributed by atoms with Crippen LogP contribution in [0.1, 0.15) is 21.6 Å². The molecule has 2 heterocycles. The van der Waals surface area contributed by atoms with Gasteiger partial charge >= 0.3 is 0 Å². The molecule has 4 unspecified atom stereocenters. The highest BCUT2D eigenvalue weighted by atomic mass is 32.1. The number of carbonyl (C=O) groups is 1. The van der Waals surface area contributed by atoms with Gasteiger partial charge in [0, 0.05) is 43.9 Å². The molecule has 0 aromatic carbocycles. The van der Waals surface area contributed by atoms with E-state index in [0.29, 0.717) is 4.88 Å². The number of carbonyl (C=O) groups excluding carboxylic acids is 1. The molecule has 0 saturated heterocycles. The highest BCUT2D eigenvalue weighted by Crippen LogP contribution is 2.45. The van der Waals surface area contributed by atoms with Gasteiger partial charge in [-0.1, -0.05) is 6.10 Å². The van der Waals surface area contributed by atoms with Gasteiger partial charge in [-0.25, -0.2) is 0 Å². The van der Waals surface area contributed by atoms with Crippen LogP contribution in [0.5, 0.6) is 0 Å². The van der Waals surface area contributed by atoms with Gasteiger partial charge in [0.1, 0.15) is 5.78 Å². The van der Waals surface area contributed by atoms with E-state index < -0.39 is 29.8 Å². The Morgan fingerprint density at radius 3 is 1.88 bits per heavy atom. The summed E-state index contributed by atoms with van der Waals surface area (Å²) in [4.78, 5) is 17.8. The quantitative estimate of drug-likeness (QED) is 0.804. The second-order valence-electron chi connectivity index (χ2n) is 6.43. The van der Waals surface area contributed by atoms with E-state index in [1.165, 1.54) is 22.7 Å². The van der Waals surface area contributed by atoms with E-state index in [0.717, 1.165) is 14.9 Å². The molecule has 2 aromatic heterocycles. The monoisotopic (exact) mass is 364 g/mol. The molecule has 1 saturated carbocycles. The number of ketones is 1. The molecule has 0 amide bonds. The zero-order valence-corrected chi connectivity index (χ0v) is 15.7. The van der Waals surface area contributed by atoms with E-state index >= 15 is 0 Å². The van der Waals surface area contributed by atoms with Gasteiger partial charge in [-0.05, 0) is 30.2 Å². The van der Waals surface area contributed by atoms with Crippen molar-refractivity contribution in [3.8, 4) is 0 Å². The van der Waals surface area contributed by atoms with Crippen molar-refractivity contribution in [2.45, 2.75) is 24.0 Å². The van der Waals surface area contributed by atoms with Gasteiger partial charge in [0.2, 0.25) is 0 Å². The molecular formula is C17H20N2O3S2-2. The zero-order chi connectivity index (χ0) is 17.6. The van der Waals surface area contributed by atoms with Gasteiger partial charge in [-0.3, -0.25) is 0 Å². The third-order valence-electron chi connectivity index (χ3n) is 4.34. The van der Waals surface area contributed by atoms with Crippen molar-refractivity contribution in [2.24, 2.45) is 0 Å². The molecule has 4 atom stereocenters. The summed E-state index contributed by atoms with van der Waals surface area (Å²) in [6.45, 7) is 0. The first-order valence-corrected chi connectivity index (χ1v) is 9.34. The molecule has 1 aliphatic rings. The summed E-state index contributed by atoms with van der Waals surface area (Å²) < 4.78 is 0. The highest BCUT2D eigenvalue weighted by molar-refractivity contribution is 7.16. The summed E-state index contributed by atoms with van der Waals surface area (Å²) >= 11 is 2.84. The van der Waals surface area contributed by atoms with E-state index in [4.69, 9.17) is 0 Å². The molecule has 130 valence electrons. The standard InChI is InChI=1S/C17H20N2O3S2/c1-18(2)11-7-5-9(23-11)13-15(20)14(17(22)16(13)21)10-6-8-12(24-10)19(3)4/h5-8,13-16H,1-4H3/q-2.